The standard InChI is InChI=1S/C19H31NO2/c1-6-20(7-2)11-10-17-13-16(12-14(3)4)8-9-18(17)15(5)19(21)22/h8-9,13-15H,6-7,10-12H2,1-5H3,(H,21,22). The lowest BCUT2D eigenvalue weighted by atomic mass is 9.90. The molecule has 0 bridgehead atoms. The molecule has 0 fully saturated rings. The van der Waals surface area contributed by atoms with Gasteiger partial charge in [0.15, 0.2) is 0 Å². The van der Waals surface area contributed by atoms with Gasteiger partial charge in [-0.15, -0.1) is 0 Å². The normalized spacial score (nSPS) is 12.9. The smallest absolute Gasteiger partial charge is 0.310 e. The molecular formula is C19H31NO2. The average molecular weight is 305 g/mol. The number of carboxylic acid groups (broad SMARTS) is 1. The zero-order valence-electron chi connectivity index (χ0n) is 14.7. The van der Waals surface area contributed by atoms with E-state index < -0.39 is 11.9 Å². The largest absolute Gasteiger partial charge is 0.481 e. The van der Waals surface area contributed by atoms with Crippen LogP contribution in [-0.4, -0.2) is 35.6 Å². The van der Waals surface area contributed by atoms with Crippen molar-refractivity contribution in [2.45, 2.75) is 53.4 Å². The zero-order valence-corrected chi connectivity index (χ0v) is 14.7. The van der Waals surface area contributed by atoms with Gasteiger partial charge in [-0.1, -0.05) is 45.9 Å². The number of carboxylic acids is 1. The first-order valence-electron chi connectivity index (χ1n) is 8.45. The molecule has 1 rings (SSSR count). The van der Waals surface area contributed by atoms with Gasteiger partial charge in [-0.2, -0.15) is 0 Å². The number of benzene rings is 1. The minimum Gasteiger partial charge on any atom is -0.481 e. The van der Waals surface area contributed by atoms with E-state index in [1.54, 1.807) is 6.92 Å². The molecule has 0 aliphatic carbocycles. The van der Waals surface area contributed by atoms with Crippen LogP contribution in [0.2, 0.25) is 0 Å². The van der Waals surface area contributed by atoms with Crippen LogP contribution >= 0.6 is 0 Å². The SMILES string of the molecule is CCN(CC)CCc1cc(CC(C)C)ccc1C(C)C(=O)O. The Hall–Kier alpha value is -1.35. The first-order valence-corrected chi connectivity index (χ1v) is 8.45. The number of hydrogen-bond acceptors (Lipinski definition) is 2. The molecule has 0 aliphatic heterocycles. The van der Waals surface area contributed by atoms with Gasteiger partial charge < -0.3 is 10.0 Å². The van der Waals surface area contributed by atoms with Gasteiger partial charge >= 0.3 is 5.97 Å². The fourth-order valence-electron chi connectivity index (χ4n) is 2.85. The van der Waals surface area contributed by atoms with Crippen LogP contribution in [0.4, 0.5) is 0 Å². The Balaban J connectivity index is 3.02. The summed E-state index contributed by atoms with van der Waals surface area (Å²) in [5, 5.41) is 9.33. The van der Waals surface area contributed by atoms with Crippen LogP contribution < -0.4 is 0 Å². The summed E-state index contributed by atoms with van der Waals surface area (Å²) in [5.74, 6) is -0.584. The minimum absolute atomic E-state index is 0.445. The molecule has 1 atom stereocenters. The Bertz CT molecular complexity index is 478. The quantitative estimate of drug-likeness (QED) is 0.751. The third kappa shape index (κ3) is 5.45. The molecule has 0 saturated carbocycles. The molecule has 1 aromatic rings. The maximum atomic E-state index is 11.4. The summed E-state index contributed by atoms with van der Waals surface area (Å²) >= 11 is 0. The van der Waals surface area contributed by atoms with Crippen molar-refractivity contribution >= 4 is 5.97 Å². The van der Waals surface area contributed by atoms with E-state index in [1.807, 2.05) is 6.07 Å². The molecule has 1 unspecified atom stereocenters. The lowest BCUT2D eigenvalue weighted by Gasteiger charge is -2.21. The van der Waals surface area contributed by atoms with Crippen molar-refractivity contribution in [1.82, 2.24) is 4.90 Å². The highest BCUT2D eigenvalue weighted by atomic mass is 16.4. The van der Waals surface area contributed by atoms with E-state index in [2.05, 4.69) is 44.7 Å². The van der Waals surface area contributed by atoms with Gasteiger partial charge in [-0.25, -0.2) is 0 Å². The van der Waals surface area contributed by atoms with Gasteiger partial charge in [-0.05, 0) is 55.5 Å². The molecule has 0 aliphatic rings. The van der Waals surface area contributed by atoms with E-state index >= 15 is 0 Å². The number of rotatable bonds is 9. The second-order valence-corrected chi connectivity index (χ2v) is 6.47. The Labute approximate surface area is 135 Å². The zero-order chi connectivity index (χ0) is 16.7. The van der Waals surface area contributed by atoms with Crippen LogP contribution in [0, 0.1) is 5.92 Å². The highest BCUT2D eigenvalue weighted by Crippen LogP contribution is 2.23. The number of likely N-dealkylation sites (N-methyl/N-ethyl adjacent to an activating group) is 1. The van der Waals surface area contributed by atoms with Gasteiger partial charge in [0, 0.05) is 6.54 Å². The molecule has 0 aromatic heterocycles. The average Bonchev–Trinajstić information content (AvgIpc) is 2.47. The predicted molar refractivity (Wildman–Crippen MR) is 92.5 cm³/mol. The Morgan fingerprint density at radius 2 is 1.82 bits per heavy atom. The maximum Gasteiger partial charge on any atom is 0.310 e. The molecule has 124 valence electrons. The topological polar surface area (TPSA) is 40.5 Å². The summed E-state index contributed by atoms with van der Waals surface area (Å²) < 4.78 is 0. The molecule has 3 nitrogen and oxygen atoms in total. The Morgan fingerprint density at radius 1 is 1.18 bits per heavy atom. The van der Waals surface area contributed by atoms with Gasteiger partial charge in [0.1, 0.15) is 0 Å². The molecule has 0 radical (unpaired) electrons. The van der Waals surface area contributed by atoms with Gasteiger partial charge in [0.05, 0.1) is 5.92 Å². The summed E-state index contributed by atoms with van der Waals surface area (Å²) in [7, 11) is 0. The highest BCUT2D eigenvalue weighted by Gasteiger charge is 2.18. The molecule has 1 aromatic carbocycles. The lowest BCUT2D eigenvalue weighted by molar-refractivity contribution is -0.138. The molecule has 0 spiro atoms. The Morgan fingerprint density at radius 3 is 2.32 bits per heavy atom. The van der Waals surface area contributed by atoms with Gasteiger partial charge in [0.25, 0.3) is 0 Å². The third-order valence-corrected chi connectivity index (χ3v) is 4.28. The first-order chi connectivity index (χ1) is 10.4. The van der Waals surface area contributed by atoms with Crippen molar-refractivity contribution < 1.29 is 9.90 Å². The lowest BCUT2D eigenvalue weighted by Crippen LogP contribution is -2.26. The van der Waals surface area contributed by atoms with Crippen molar-refractivity contribution in [2.24, 2.45) is 5.92 Å². The molecule has 3 heteroatoms. The summed E-state index contributed by atoms with van der Waals surface area (Å²) in [4.78, 5) is 13.7. The summed E-state index contributed by atoms with van der Waals surface area (Å²) in [5.41, 5.74) is 3.47. The Kier molecular flexibility index (Phi) is 7.60. The second kappa shape index (κ2) is 8.94. The third-order valence-electron chi connectivity index (χ3n) is 4.28. The van der Waals surface area contributed by atoms with Crippen molar-refractivity contribution in [3.63, 3.8) is 0 Å². The number of aliphatic carboxylic acids is 1. The monoisotopic (exact) mass is 305 g/mol. The second-order valence-electron chi connectivity index (χ2n) is 6.47. The molecule has 0 amide bonds. The fourth-order valence-corrected chi connectivity index (χ4v) is 2.85. The van der Waals surface area contributed by atoms with Crippen LogP contribution in [0.3, 0.4) is 0 Å². The van der Waals surface area contributed by atoms with Crippen LogP contribution in [0.5, 0.6) is 0 Å². The highest BCUT2D eigenvalue weighted by molar-refractivity contribution is 5.76. The van der Waals surface area contributed by atoms with E-state index in [4.69, 9.17) is 0 Å². The van der Waals surface area contributed by atoms with Crippen molar-refractivity contribution in [1.29, 1.82) is 0 Å². The van der Waals surface area contributed by atoms with Gasteiger partial charge in [-0.3, -0.25) is 4.79 Å². The van der Waals surface area contributed by atoms with Crippen LogP contribution in [-0.2, 0) is 17.6 Å². The number of hydrogen-bond donors (Lipinski definition) is 1. The first kappa shape index (κ1) is 18.7. The summed E-state index contributed by atoms with van der Waals surface area (Å²) in [6, 6.07) is 6.34. The predicted octanol–water partition coefficient (Wildman–Crippen LogP) is 3.96. The van der Waals surface area contributed by atoms with E-state index in [0.717, 1.165) is 38.0 Å². The van der Waals surface area contributed by atoms with Crippen LogP contribution in [0.15, 0.2) is 18.2 Å². The van der Waals surface area contributed by atoms with E-state index in [-0.39, 0.29) is 0 Å². The molecule has 22 heavy (non-hydrogen) atoms. The molecule has 0 heterocycles. The van der Waals surface area contributed by atoms with Crippen LogP contribution in [0.25, 0.3) is 0 Å². The van der Waals surface area contributed by atoms with E-state index in [1.165, 1.54) is 11.1 Å². The molecule has 1 N–H and O–H groups in total. The summed E-state index contributed by atoms with van der Waals surface area (Å²) in [6.07, 6.45) is 1.96. The van der Waals surface area contributed by atoms with Crippen molar-refractivity contribution in [3.05, 3.63) is 34.9 Å². The fraction of sp³-hybridized carbons (Fsp3) is 0.632. The van der Waals surface area contributed by atoms with Gasteiger partial charge in [0.2, 0.25) is 0 Å². The maximum absolute atomic E-state index is 11.4. The van der Waals surface area contributed by atoms with E-state index in [0.29, 0.717) is 5.92 Å². The minimum atomic E-state index is -0.749. The molecular weight excluding hydrogens is 274 g/mol. The summed E-state index contributed by atoms with van der Waals surface area (Å²) in [6.45, 7) is 13.6. The van der Waals surface area contributed by atoms with Crippen molar-refractivity contribution in [3.8, 4) is 0 Å². The number of carbonyl (C=O) groups is 1. The van der Waals surface area contributed by atoms with Crippen molar-refractivity contribution in [2.75, 3.05) is 19.6 Å². The van der Waals surface area contributed by atoms with Crippen LogP contribution in [0.1, 0.15) is 57.2 Å². The van der Waals surface area contributed by atoms with E-state index in [9.17, 15) is 9.90 Å². The number of nitrogens with zero attached hydrogens (tertiary/aromatic N) is 1. The molecule has 0 saturated heterocycles.